The first-order valence-corrected chi connectivity index (χ1v) is 8.83. The number of fused-ring (bicyclic) bond motifs is 1. The van der Waals surface area contributed by atoms with Crippen LogP contribution in [-0.2, 0) is 19.6 Å². The van der Waals surface area contributed by atoms with Gasteiger partial charge in [-0.3, -0.25) is 0 Å². The molecule has 3 nitrogen and oxygen atoms in total. The van der Waals surface area contributed by atoms with E-state index in [2.05, 4.69) is 4.90 Å². The van der Waals surface area contributed by atoms with Gasteiger partial charge in [0.2, 0.25) is 5.88 Å². The molecule has 2 aromatic carbocycles. The predicted molar refractivity (Wildman–Crippen MR) is 101 cm³/mol. The van der Waals surface area contributed by atoms with Crippen LogP contribution in [0, 0.1) is 0 Å². The minimum atomic E-state index is -4.40. The molecule has 0 aliphatic heterocycles. The van der Waals surface area contributed by atoms with E-state index in [0.29, 0.717) is 5.88 Å². The van der Waals surface area contributed by atoms with Gasteiger partial charge in [0.15, 0.2) is 0 Å². The molecule has 0 aliphatic carbocycles. The van der Waals surface area contributed by atoms with Gasteiger partial charge in [-0.05, 0) is 57.7 Å². The quantitative estimate of drug-likeness (QED) is 0.566. The Hall–Kier alpha value is -2.47. The third-order valence-electron chi connectivity index (χ3n) is 4.56. The van der Waals surface area contributed by atoms with Gasteiger partial charge in [-0.15, -0.1) is 0 Å². The van der Waals surface area contributed by atoms with Crippen LogP contribution in [0.2, 0.25) is 0 Å². The first kappa shape index (κ1) is 19.3. The first-order chi connectivity index (χ1) is 12.8. The molecule has 3 rings (SSSR count). The van der Waals surface area contributed by atoms with Crippen LogP contribution in [0.3, 0.4) is 0 Å². The number of aryl methyl sites for hydroxylation is 2. The lowest BCUT2D eigenvalue weighted by atomic mass is 10.1. The largest absolute Gasteiger partial charge is 0.441 e. The minimum Gasteiger partial charge on any atom is -0.441 e. The molecule has 0 N–H and O–H groups in total. The number of nitrogens with zero attached hydrogens (tertiary/aromatic N) is 2. The maximum Gasteiger partial charge on any atom is 0.416 e. The topological polar surface area (TPSA) is 17.4 Å². The van der Waals surface area contributed by atoms with E-state index in [1.165, 1.54) is 6.07 Å². The summed E-state index contributed by atoms with van der Waals surface area (Å²) in [6, 6.07) is 12.9. The van der Waals surface area contributed by atoms with Crippen LogP contribution < -0.4 is 4.74 Å². The zero-order valence-corrected chi connectivity index (χ0v) is 15.7. The monoisotopic (exact) mass is 376 g/mol. The highest BCUT2D eigenvalue weighted by molar-refractivity contribution is 5.87. The van der Waals surface area contributed by atoms with Crippen molar-refractivity contribution in [3.63, 3.8) is 0 Å². The van der Waals surface area contributed by atoms with Gasteiger partial charge in [-0.25, -0.2) is 0 Å². The lowest BCUT2D eigenvalue weighted by Gasteiger charge is -2.13. The summed E-state index contributed by atoms with van der Waals surface area (Å²) in [5.41, 5.74) is 1.31. The van der Waals surface area contributed by atoms with Crippen molar-refractivity contribution in [2.24, 2.45) is 7.05 Å². The molecule has 0 bridgehead atoms. The van der Waals surface area contributed by atoms with Crippen LogP contribution in [0.15, 0.2) is 48.5 Å². The van der Waals surface area contributed by atoms with Crippen LogP contribution >= 0.6 is 0 Å². The van der Waals surface area contributed by atoms with Gasteiger partial charge < -0.3 is 14.2 Å². The lowest BCUT2D eigenvalue weighted by Crippen LogP contribution is -2.13. The summed E-state index contributed by atoms with van der Waals surface area (Å²) in [6.07, 6.45) is -2.68. The van der Waals surface area contributed by atoms with Crippen molar-refractivity contribution in [1.29, 1.82) is 0 Å². The third-order valence-corrected chi connectivity index (χ3v) is 4.56. The Morgan fingerprint density at radius 3 is 2.48 bits per heavy atom. The molecule has 0 saturated carbocycles. The standard InChI is InChI=1S/C21H23F3N2O/c1-25(2)13-7-11-18-17-10-4-5-12-19(17)26(3)20(18)27-16-9-6-8-15(14-16)21(22,23)24/h4-6,8-10,12,14H,7,11,13H2,1-3H3. The number of alkyl halides is 3. The number of aromatic nitrogens is 1. The molecule has 3 aromatic rings. The van der Waals surface area contributed by atoms with E-state index in [9.17, 15) is 13.2 Å². The summed E-state index contributed by atoms with van der Waals surface area (Å²) in [5, 5.41) is 1.07. The van der Waals surface area contributed by atoms with Crippen LogP contribution in [0.25, 0.3) is 10.9 Å². The lowest BCUT2D eigenvalue weighted by molar-refractivity contribution is -0.137. The van der Waals surface area contributed by atoms with E-state index in [-0.39, 0.29) is 5.75 Å². The fourth-order valence-electron chi connectivity index (χ4n) is 3.24. The summed E-state index contributed by atoms with van der Waals surface area (Å²) in [7, 11) is 5.91. The zero-order chi connectivity index (χ0) is 19.6. The molecule has 1 heterocycles. The molecule has 6 heteroatoms. The van der Waals surface area contributed by atoms with Crippen LogP contribution in [0.4, 0.5) is 13.2 Å². The van der Waals surface area contributed by atoms with Gasteiger partial charge in [0.05, 0.1) is 11.1 Å². The highest BCUT2D eigenvalue weighted by atomic mass is 19.4. The molecule has 144 valence electrons. The summed E-state index contributed by atoms with van der Waals surface area (Å²) >= 11 is 0. The summed E-state index contributed by atoms with van der Waals surface area (Å²) in [6.45, 7) is 0.923. The predicted octanol–water partition coefficient (Wildman–Crippen LogP) is 5.48. The molecule has 0 radical (unpaired) electrons. The van der Waals surface area contributed by atoms with E-state index < -0.39 is 11.7 Å². The second kappa shape index (κ2) is 7.64. The van der Waals surface area contributed by atoms with Crippen molar-refractivity contribution >= 4 is 10.9 Å². The number of ether oxygens (including phenoxy) is 1. The second-order valence-electron chi connectivity index (χ2n) is 6.89. The van der Waals surface area contributed by atoms with Crippen molar-refractivity contribution in [3.05, 3.63) is 59.7 Å². The Kier molecular flexibility index (Phi) is 5.46. The second-order valence-corrected chi connectivity index (χ2v) is 6.89. The number of hydrogen-bond donors (Lipinski definition) is 0. The molecule has 0 aliphatic rings. The van der Waals surface area contributed by atoms with Crippen molar-refractivity contribution in [3.8, 4) is 11.6 Å². The van der Waals surface area contributed by atoms with Crippen molar-refractivity contribution in [2.75, 3.05) is 20.6 Å². The maximum atomic E-state index is 13.0. The maximum absolute atomic E-state index is 13.0. The fourth-order valence-corrected chi connectivity index (χ4v) is 3.24. The molecule has 0 atom stereocenters. The minimum absolute atomic E-state index is 0.185. The molecular weight excluding hydrogens is 353 g/mol. The van der Waals surface area contributed by atoms with E-state index in [1.54, 1.807) is 6.07 Å². The molecule has 0 amide bonds. The molecular formula is C21H23F3N2O. The molecule has 0 fully saturated rings. The fraction of sp³-hybridized carbons (Fsp3) is 0.333. The zero-order valence-electron chi connectivity index (χ0n) is 15.7. The molecule has 0 saturated heterocycles. The highest BCUT2D eigenvalue weighted by Crippen LogP contribution is 2.37. The van der Waals surface area contributed by atoms with Gasteiger partial charge >= 0.3 is 6.18 Å². The molecule has 27 heavy (non-hydrogen) atoms. The van der Waals surface area contributed by atoms with Crippen molar-refractivity contribution in [1.82, 2.24) is 9.47 Å². The Bertz CT molecular complexity index is 929. The Labute approximate surface area is 157 Å². The number of benzene rings is 2. The van der Waals surface area contributed by atoms with Crippen molar-refractivity contribution < 1.29 is 17.9 Å². The van der Waals surface area contributed by atoms with Crippen LogP contribution in [-0.4, -0.2) is 30.1 Å². The van der Waals surface area contributed by atoms with Crippen LogP contribution in [0.5, 0.6) is 11.6 Å². The average Bonchev–Trinajstić information content (AvgIpc) is 2.87. The Morgan fingerprint density at radius 1 is 1.04 bits per heavy atom. The number of rotatable bonds is 6. The molecule has 1 aromatic heterocycles. The smallest absolute Gasteiger partial charge is 0.416 e. The van der Waals surface area contributed by atoms with E-state index >= 15 is 0 Å². The number of halogens is 3. The molecule has 0 unspecified atom stereocenters. The van der Waals surface area contributed by atoms with Crippen molar-refractivity contribution in [2.45, 2.75) is 19.0 Å². The Morgan fingerprint density at radius 2 is 1.78 bits per heavy atom. The summed E-state index contributed by atoms with van der Waals surface area (Å²) in [5.74, 6) is 0.777. The number of hydrogen-bond acceptors (Lipinski definition) is 2. The van der Waals surface area contributed by atoms with E-state index in [1.807, 2.05) is 50.0 Å². The van der Waals surface area contributed by atoms with Gasteiger partial charge in [0, 0.05) is 18.0 Å². The normalized spacial score (nSPS) is 12.1. The Balaban J connectivity index is 1.99. The van der Waals surface area contributed by atoms with Gasteiger partial charge in [0.25, 0.3) is 0 Å². The third kappa shape index (κ3) is 4.27. The van der Waals surface area contributed by atoms with Gasteiger partial charge in [-0.1, -0.05) is 24.3 Å². The van der Waals surface area contributed by atoms with Gasteiger partial charge in [0.1, 0.15) is 5.75 Å². The average molecular weight is 376 g/mol. The highest BCUT2D eigenvalue weighted by Gasteiger charge is 2.30. The van der Waals surface area contributed by atoms with Crippen LogP contribution in [0.1, 0.15) is 17.5 Å². The first-order valence-electron chi connectivity index (χ1n) is 8.83. The molecule has 0 spiro atoms. The number of para-hydroxylation sites is 1. The van der Waals surface area contributed by atoms with Gasteiger partial charge in [-0.2, -0.15) is 13.2 Å². The van der Waals surface area contributed by atoms with E-state index in [4.69, 9.17) is 4.74 Å². The summed E-state index contributed by atoms with van der Waals surface area (Å²) in [4.78, 5) is 2.11. The summed E-state index contributed by atoms with van der Waals surface area (Å²) < 4.78 is 46.9. The SMILES string of the molecule is CN(C)CCCc1c(Oc2cccc(C(F)(F)F)c2)n(C)c2ccccc12. The van der Waals surface area contributed by atoms with E-state index in [0.717, 1.165) is 48.0 Å².